The molecule has 11 heteroatoms. The molecular weight excluding hydrogens is 459 g/mol. The Balaban J connectivity index is 1.89. The Labute approximate surface area is 185 Å². The molecule has 0 radical (unpaired) electrons. The monoisotopic (exact) mass is 472 g/mol. The fourth-order valence-electron chi connectivity index (χ4n) is 3.15. The van der Waals surface area contributed by atoms with Crippen LogP contribution in [-0.4, -0.2) is 20.8 Å². The first kappa shape index (κ1) is 21.7. The second kappa shape index (κ2) is 8.76. The minimum Gasteiger partial charge on any atom is -0.352 e. The van der Waals surface area contributed by atoms with Crippen molar-refractivity contribution in [1.82, 2.24) is 5.32 Å². The minimum absolute atomic E-state index is 0.162. The van der Waals surface area contributed by atoms with Crippen LogP contribution in [0.25, 0.3) is 0 Å². The highest BCUT2D eigenvalue weighted by Gasteiger charge is 2.36. The molecule has 2 aromatic rings. The van der Waals surface area contributed by atoms with Gasteiger partial charge >= 0.3 is 0 Å². The summed E-state index contributed by atoms with van der Waals surface area (Å²) in [5.74, 6) is -0.777. The van der Waals surface area contributed by atoms with Gasteiger partial charge in [-0.1, -0.05) is 46.9 Å². The van der Waals surface area contributed by atoms with Crippen molar-refractivity contribution in [3.05, 3.63) is 55.9 Å². The Kier molecular flexibility index (Phi) is 6.54. The average Bonchev–Trinajstić information content (AvgIpc) is 3.03. The van der Waals surface area contributed by atoms with Crippen LogP contribution in [0.2, 0.25) is 0 Å². The molecule has 0 unspecified atom stereocenters. The molecule has 1 aromatic carbocycles. The van der Waals surface area contributed by atoms with Gasteiger partial charge in [0.1, 0.15) is 22.8 Å². The zero-order valence-electron chi connectivity index (χ0n) is 14.9. The number of nitro benzene ring substituents is 1. The summed E-state index contributed by atoms with van der Waals surface area (Å²) in [6, 6.07) is 7.67. The maximum atomic E-state index is 12.7. The van der Waals surface area contributed by atoms with E-state index in [0.717, 1.165) is 36.1 Å². The molecule has 152 valence electrons. The second-order valence-corrected chi connectivity index (χ2v) is 9.87. The van der Waals surface area contributed by atoms with Crippen molar-refractivity contribution in [3.8, 4) is 6.07 Å². The van der Waals surface area contributed by atoms with E-state index in [1.54, 1.807) is 0 Å². The number of hydrogen-bond donors (Lipinski definition) is 2. The Morgan fingerprint density at radius 2 is 1.97 bits per heavy atom. The predicted molar refractivity (Wildman–Crippen MR) is 114 cm³/mol. The summed E-state index contributed by atoms with van der Waals surface area (Å²) in [4.78, 5) is 24.3. The second-order valence-electron chi connectivity index (χ2n) is 6.39. The van der Waals surface area contributed by atoms with Crippen molar-refractivity contribution in [1.29, 1.82) is 5.26 Å². The van der Waals surface area contributed by atoms with Gasteiger partial charge in [0.05, 0.1) is 10.5 Å². The first-order valence-corrected chi connectivity index (χ1v) is 10.6. The SMILES string of the molecule is N#Cc1c(N[C@H](NC(=O)c2ccccc2[N+](=O)[O-])C(Cl)(Cl)Cl)sc2c1CCCC2. The number of nitro groups is 1. The molecule has 0 aliphatic heterocycles. The van der Waals surface area contributed by atoms with Gasteiger partial charge in [0.25, 0.3) is 11.6 Å². The number of halogens is 3. The van der Waals surface area contributed by atoms with Gasteiger partial charge in [-0.15, -0.1) is 11.3 Å². The Hall–Kier alpha value is -2.05. The Morgan fingerprint density at radius 1 is 1.28 bits per heavy atom. The van der Waals surface area contributed by atoms with Crippen molar-refractivity contribution < 1.29 is 9.72 Å². The molecule has 3 rings (SSSR count). The number of hydrogen-bond acceptors (Lipinski definition) is 6. The highest BCUT2D eigenvalue weighted by atomic mass is 35.6. The van der Waals surface area contributed by atoms with Crippen molar-refractivity contribution >= 4 is 62.7 Å². The van der Waals surface area contributed by atoms with Crippen molar-refractivity contribution in [2.24, 2.45) is 0 Å². The van der Waals surface area contributed by atoms with E-state index in [1.807, 2.05) is 0 Å². The number of benzene rings is 1. The first-order valence-electron chi connectivity index (χ1n) is 8.64. The Morgan fingerprint density at radius 3 is 2.62 bits per heavy atom. The molecule has 2 N–H and O–H groups in total. The van der Waals surface area contributed by atoms with Gasteiger partial charge in [-0.3, -0.25) is 14.9 Å². The summed E-state index contributed by atoms with van der Waals surface area (Å²) in [6.07, 6.45) is 2.50. The highest BCUT2D eigenvalue weighted by molar-refractivity contribution is 7.16. The summed E-state index contributed by atoms with van der Waals surface area (Å²) in [5, 5.41) is 26.7. The molecule has 1 aromatic heterocycles. The molecular formula is C18H15Cl3N4O3S. The van der Waals surface area contributed by atoms with Gasteiger partial charge in [0.2, 0.25) is 3.79 Å². The molecule has 1 heterocycles. The molecule has 29 heavy (non-hydrogen) atoms. The van der Waals surface area contributed by atoms with E-state index in [9.17, 15) is 20.2 Å². The van der Waals surface area contributed by atoms with Crippen molar-refractivity contribution in [3.63, 3.8) is 0 Å². The number of carbonyl (C=O) groups excluding carboxylic acids is 1. The third-order valence-electron chi connectivity index (χ3n) is 4.51. The lowest BCUT2D eigenvalue weighted by Crippen LogP contribution is -2.49. The van der Waals surface area contributed by atoms with Gasteiger partial charge in [0, 0.05) is 10.9 Å². The number of nitriles is 1. The molecule has 0 fully saturated rings. The topological polar surface area (TPSA) is 108 Å². The molecule has 7 nitrogen and oxygen atoms in total. The van der Waals surface area contributed by atoms with Crippen LogP contribution in [0.3, 0.4) is 0 Å². The highest BCUT2D eigenvalue weighted by Crippen LogP contribution is 2.40. The summed E-state index contributed by atoms with van der Waals surface area (Å²) < 4.78 is -1.98. The fourth-order valence-corrected chi connectivity index (χ4v) is 4.75. The predicted octanol–water partition coefficient (Wildman–Crippen LogP) is 4.94. The maximum Gasteiger partial charge on any atom is 0.282 e. The lowest BCUT2D eigenvalue weighted by atomic mass is 9.96. The van der Waals surface area contributed by atoms with E-state index in [2.05, 4.69) is 16.7 Å². The van der Waals surface area contributed by atoms with Crippen molar-refractivity contribution in [2.75, 3.05) is 5.32 Å². The van der Waals surface area contributed by atoms with E-state index in [1.165, 1.54) is 35.6 Å². The zero-order chi connectivity index (χ0) is 21.2. The van der Waals surface area contributed by atoms with Crippen LogP contribution in [0.4, 0.5) is 10.7 Å². The summed E-state index contributed by atoms with van der Waals surface area (Å²) >= 11 is 19.5. The number of rotatable bonds is 5. The van der Waals surface area contributed by atoms with Gasteiger partial charge in [-0.25, -0.2) is 0 Å². The van der Waals surface area contributed by atoms with Crippen LogP contribution in [0.15, 0.2) is 24.3 Å². The number of anilines is 1. The third-order valence-corrected chi connectivity index (χ3v) is 6.38. The smallest absolute Gasteiger partial charge is 0.282 e. The lowest BCUT2D eigenvalue weighted by Gasteiger charge is -2.27. The number of fused-ring (bicyclic) bond motifs is 1. The molecule has 0 spiro atoms. The zero-order valence-corrected chi connectivity index (χ0v) is 18.0. The number of thiophene rings is 1. The number of amides is 1. The van der Waals surface area contributed by atoms with Gasteiger partial charge in [-0.05, 0) is 37.3 Å². The number of alkyl halides is 3. The summed E-state index contributed by atoms with van der Waals surface area (Å²) in [7, 11) is 0. The van der Waals surface area contributed by atoms with Crippen LogP contribution in [0, 0.1) is 21.4 Å². The quantitative estimate of drug-likeness (QED) is 0.276. The van der Waals surface area contributed by atoms with E-state index >= 15 is 0 Å². The molecule has 1 atom stereocenters. The number of para-hydroxylation sites is 1. The maximum absolute atomic E-state index is 12.7. The molecule has 1 amide bonds. The Bertz CT molecular complexity index is 997. The summed E-state index contributed by atoms with van der Waals surface area (Å²) in [6.45, 7) is 0. The number of carbonyl (C=O) groups is 1. The van der Waals surface area contributed by atoms with Gasteiger partial charge in [-0.2, -0.15) is 5.26 Å². The standard InChI is InChI=1S/C18H15Cl3N4O3S/c19-18(20,21)17(23-15(26)11-6-1-3-7-13(11)25(27)28)24-16-12(9-22)10-5-2-4-8-14(10)29-16/h1,3,6-7,17,24H,2,4-5,8H2,(H,23,26)/t17-/m0/s1. The van der Waals surface area contributed by atoms with Crippen LogP contribution in [0.1, 0.15) is 39.2 Å². The minimum atomic E-state index is -1.98. The molecule has 0 saturated heterocycles. The number of nitrogens with zero attached hydrogens (tertiary/aromatic N) is 2. The van der Waals surface area contributed by atoms with Crippen molar-refractivity contribution in [2.45, 2.75) is 35.6 Å². The van der Waals surface area contributed by atoms with Crippen LogP contribution in [-0.2, 0) is 12.8 Å². The van der Waals surface area contributed by atoms with E-state index < -0.39 is 20.8 Å². The first-order chi connectivity index (χ1) is 13.7. The van der Waals surface area contributed by atoms with Gasteiger partial charge < -0.3 is 10.6 Å². The van der Waals surface area contributed by atoms with Gasteiger partial charge in [0.15, 0.2) is 0 Å². The van der Waals surface area contributed by atoms with Crippen LogP contribution >= 0.6 is 46.1 Å². The third kappa shape index (κ3) is 4.75. The van der Waals surface area contributed by atoms with E-state index in [4.69, 9.17) is 34.8 Å². The van der Waals surface area contributed by atoms with E-state index in [-0.39, 0.29) is 11.3 Å². The van der Waals surface area contributed by atoms with Crippen LogP contribution in [0.5, 0.6) is 0 Å². The number of aryl methyl sites for hydroxylation is 1. The summed E-state index contributed by atoms with van der Waals surface area (Å²) in [5.41, 5.74) is 0.935. The molecule has 1 aliphatic rings. The largest absolute Gasteiger partial charge is 0.352 e. The molecule has 1 aliphatic carbocycles. The molecule has 0 bridgehead atoms. The average molecular weight is 474 g/mol. The molecule has 0 saturated carbocycles. The lowest BCUT2D eigenvalue weighted by molar-refractivity contribution is -0.385. The van der Waals surface area contributed by atoms with Crippen LogP contribution < -0.4 is 10.6 Å². The fraction of sp³-hybridized carbons (Fsp3) is 0.333. The normalized spacial score (nSPS) is 14.4. The number of nitrogens with one attached hydrogen (secondary N) is 2. The van der Waals surface area contributed by atoms with E-state index in [0.29, 0.717) is 10.6 Å².